The Morgan fingerprint density at radius 3 is 2.65 bits per heavy atom. The molecule has 0 aromatic heterocycles. The Hall–Kier alpha value is -1.06. The number of amides is 2. The first-order valence-corrected chi connectivity index (χ1v) is 6.15. The van der Waals surface area contributed by atoms with E-state index in [9.17, 15) is 9.59 Å². The maximum absolute atomic E-state index is 12.0. The van der Waals surface area contributed by atoms with Crippen LogP contribution in [-0.4, -0.2) is 17.7 Å². The molecule has 0 aliphatic carbocycles. The van der Waals surface area contributed by atoms with Gasteiger partial charge in [0.05, 0.1) is 16.6 Å². The molecule has 0 spiro atoms. The Morgan fingerprint density at radius 1 is 1.41 bits per heavy atom. The van der Waals surface area contributed by atoms with Crippen LogP contribution in [0, 0.1) is 12.8 Å². The number of rotatable bonds is 2. The Bertz CT molecular complexity index is 467. The number of halogens is 2. The monoisotopic (exact) mass is 271 g/mol. The number of imide groups is 1. The van der Waals surface area contributed by atoms with E-state index in [1.807, 2.05) is 13.0 Å². The van der Waals surface area contributed by atoms with E-state index in [-0.39, 0.29) is 24.1 Å². The molecule has 0 radical (unpaired) electrons. The Labute approximate surface area is 109 Å². The van der Waals surface area contributed by atoms with E-state index >= 15 is 0 Å². The predicted octanol–water partition coefficient (Wildman–Crippen LogP) is 2.77. The first kappa shape index (κ1) is 12.4. The number of benzene rings is 1. The molecule has 0 bridgehead atoms. The zero-order valence-electron chi connectivity index (χ0n) is 9.24. The maximum atomic E-state index is 12.0. The van der Waals surface area contributed by atoms with Gasteiger partial charge in [0.1, 0.15) is 0 Å². The van der Waals surface area contributed by atoms with Gasteiger partial charge in [-0.05, 0) is 18.6 Å². The highest BCUT2D eigenvalue weighted by atomic mass is 35.5. The molecule has 17 heavy (non-hydrogen) atoms. The summed E-state index contributed by atoms with van der Waals surface area (Å²) in [6.07, 6.45) is 0.160. The first-order chi connectivity index (χ1) is 8.06. The summed E-state index contributed by atoms with van der Waals surface area (Å²) in [5.74, 6) is -0.775. The van der Waals surface area contributed by atoms with Crippen molar-refractivity contribution in [3.63, 3.8) is 0 Å². The molecule has 0 N–H and O–H groups in total. The molecule has 2 rings (SSSR count). The van der Waals surface area contributed by atoms with Crippen molar-refractivity contribution in [2.24, 2.45) is 5.92 Å². The molecule has 0 saturated carbocycles. The summed E-state index contributed by atoms with van der Waals surface area (Å²) in [6.45, 7) is 1.82. The van der Waals surface area contributed by atoms with E-state index in [1.165, 1.54) is 0 Å². The molecule has 3 nitrogen and oxygen atoms in total. The van der Waals surface area contributed by atoms with Crippen LogP contribution in [0.5, 0.6) is 0 Å². The summed E-state index contributed by atoms with van der Waals surface area (Å²) < 4.78 is 0. The fraction of sp³-hybridized carbons (Fsp3) is 0.333. The number of para-hydroxylation sites is 1. The van der Waals surface area contributed by atoms with Gasteiger partial charge < -0.3 is 0 Å². The number of anilines is 1. The van der Waals surface area contributed by atoms with Crippen LogP contribution in [0.3, 0.4) is 0 Å². The van der Waals surface area contributed by atoms with E-state index in [2.05, 4.69) is 0 Å². The number of nitrogens with zero attached hydrogens (tertiary/aromatic N) is 1. The number of alkyl halides is 1. The van der Waals surface area contributed by atoms with Crippen LogP contribution in [-0.2, 0) is 9.59 Å². The van der Waals surface area contributed by atoms with Crippen molar-refractivity contribution < 1.29 is 9.59 Å². The Kier molecular flexibility index (Phi) is 3.40. The zero-order valence-corrected chi connectivity index (χ0v) is 10.8. The van der Waals surface area contributed by atoms with Gasteiger partial charge in [0.15, 0.2) is 0 Å². The standard InChI is InChI=1S/C12H11Cl2NO2/c1-7-3-2-4-9(14)11(7)15-10(16)5-8(6-13)12(15)17/h2-4,8H,5-6H2,1H3. The number of carbonyl (C=O) groups excluding carboxylic acids is 2. The topological polar surface area (TPSA) is 37.4 Å². The van der Waals surface area contributed by atoms with Crippen LogP contribution >= 0.6 is 23.2 Å². The summed E-state index contributed by atoms with van der Waals surface area (Å²) >= 11 is 11.7. The quantitative estimate of drug-likeness (QED) is 0.613. The van der Waals surface area contributed by atoms with Gasteiger partial charge in [-0.25, -0.2) is 4.90 Å². The minimum Gasteiger partial charge on any atom is -0.274 e. The third-order valence-corrected chi connectivity index (χ3v) is 3.52. The molecule has 90 valence electrons. The van der Waals surface area contributed by atoms with E-state index in [0.717, 1.165) is 10.5 Å². The van der Waals surface area contributed by atoms with Crippen LogP contribution < -0.4 is 4.90 Å². The largest absolute Gasteiger partial charge is 0.274 e. The van der Waals surface area contributed by atoms with Crippen molar-refractivity contribution in [1.82, 2.24) is 0 Å². The maximum Gasteiger partial charge on any atom is 0.238 e. The molecular weight excluding hydrogens is 261 g/mol. The molecule has 1 fully saturated rings. The zero-order chi connectivity index (χ0) is 12.6. The fourth-order valence-corrected chi connectivity index (χ4v) is 2.50. The molecule has 1 aliphatic rings. The van der Waals surface area contributed by atoms with Crippen LogP contribution in [0.1, 0.15) is 12.0 Å². The first-order valence-electron chi connectivity index (χ1n) is 5.24. The molecule has 1 unspecified atom stereocenters. The molecular formula is C12H11Cl2NO2. The molecule has 1 heterocycles. The van der Waals surface area contributed by atoms with Gasteiger partial charge in [0, 0.05) is 12.3 Å². The molecule has 2 amide bonds. The second-order valence-electron chi connectivity index (χ2n) is 4.03. The molecule has 1 atom stereocenters. The third kappa shape index (κ3) is 2.05. The van der Waals surface area contributed by atoms with Crippen molar-refractivity contribution >= 4 is 40.7 Å². The minimum atomic E-state index is -0.431. The highest BCUT2D eigenvalue weighted by molar-refractivity contribution is 6.36. The van der Waals surface area contributed by atoms with Gasteiger partial charge in [-0.3, -0.25) is 9.59 Å². The molecule has 1 saturated heterocycles. The van der Waals surface area contributed by atoms with Gasteiger partial charge >= 0.3 is 0 Å². The van der Waals surface area contributed by atoms with Crippen molar-refractivity contribution in [3.8, 4) is 0 Å². The van der Waals surface area contributed by atoms with E-state index < -0.39 is 5.92 Å². The van der Waals surface area contributed by atoms with Crippen LogP contribution in [0.15, 0.2) is 18.2 Å². The minimum absolute atomic E-state index is 0.157. The summed E-state index contributed by atoms with van der Waals surface area (Å²) in [4.78, 5) is 25.0. The smallest absolute Gasteiger partial charge is 0.238 e. The van der Waals surface area contributed by atoms with Gasteiger partial charge in [-0.15, -0.1) is 11.6 Å². The second-order valence-corrected chi connectivity index (χ2v) is 4.74. The van der Waals surface area contributed by atoms with E-state index in [4.69, 9.17) is 23.2 Å². The van der Waals surface area contributed by atoms with Crippen molar-refractivity contribution in [2.45, 2.75) is 13.3 Å². The second kappa shape index (κ2) is 4.67. The van der Waals surface area contributed by atoms with Gasteiger partial charge in [-0.2, -0.15) is 0 Å². The van der Waals surface area contributed by atoms with Gasteiger partial charge in [0.2, 0.25) is 11.8 Å². The molecule has 1 aromatic rings. The van der Waals surface area contributed by atoms with E-state index in [0.29, 0.717) is 10.7 Å². The van der Waals surface area contributed by atoms with E-state index in [1.54, 1.807) is 12.1 Å². The summed E-state index contributed by atoms with van der Waals surface area (Å²) in [5.41, 5.74) is 1.28. The summed E-state index contributed by atoms with van der Waals surface area (Å²) in [5, 5.41) is 0.405. The average Bonchev–Trinajstić information content (AvgIpc) is 2.56. The lowest BCUT2D eigenvalue weighted by molar-refractivity contribution is -0.122. The molecule has 1 aliphatic heterocycles. The predicted molar refractivity (Wildman–Crippen MR) is 67.5 cm³/mol. The Morgan fingerprint density at radius 2 is 2.12 bits per heavy atom. The van der Waals surface area contributed by atoms with Crippen molar-refractivity contribution in [3.05, 3.63) is 28.8 Å². The van der Waals surface area contributed by atoms with Crippen LogP contribution in [0.2, 0.25) is 5.02 Å². The SMILES string of the molecule is Cc1cccc(Cl)c1N1C(=O)CC(CCl)C1=O. The lowest BCUT2D eigenvalue weighted by Gasteiger charge is -2.18. The van der Waals surface area contributed by atoms with Gasteiger partial charge in [0.25, 0.3) is 0 Å². The number of hydrogen-bond acceptors (Lipinski definition) is 2. The number of hydrogen-bond donors (Lipinski definition) is 0. The average molecular weight is 272 g/mol. The highest BCUT2D eigenvalue weighted by Gasteiger charge is 2.40. The Balaban J connectivity index is 2.47. The van der Waals surface area contributed by atoms with Crippen molar-refractivity contribution in [1.29, 1.82) is 0 Å². The number of aryl methyl sites for hydroxylation is 1. The van der Waals surface area contributed by atoms with Crippen molar-refractivity contribution in [2.75, 3.05) is 10.8 Å². The summed E-state index contributed by atoms with van der Waals surface area (Å²) in [6, 6.07) is 5.26. The van der Waals surface area contributed by atoms with Gasteiger partial charge in [-0.1, -0.05) is 23.7 Å². The third-order valence-electron chi connectivity index (χ3n) is 2.84. The normalized spacial score (nSPS) is 20.2. The van der Waals surface area contributed by atoms with Crippen LogP contribution in [0.4, 0.5) is 5.69 Å². The molecule has 1 aromatic carbocycles. The lowest BCUT2D eigenvalue weighted by atomic mass is 10.1. The molecule has 5 heteroatoms. The summed E-state index contributed by atoms with van der Waals surface area (Å²) in [7, 11) is 0. The fourth-order valence-electron chi connectivity index (χ4n) is 1.96. The van der Waals surface area contributed by atoms with Crippen LogP contribution in [0.25, 0.3) is 0 Å². The highest BCUT2D eigenvalue weighted by Crippen LogP contribution is 2.34. The number of carbonyl (C=O) groups is 2. The lowest BCUT2D eigenvalue weighted by Crippen LogP contribution is -2.31.